The van der Waals surface area contributed by atoms with Gasteiger partial charge in [0.05, 0.1) is 5.02 Å². The van der Waals surface area contributed by atoms with E-state index in [1.54, 1.807) is 6.20 Å². The summed E-state index contributed by atoms with van der Waals surface area (Å²) in [6.07, 6.45) is 7.33. The summed E-state index contributed by atoms with van der Waals surface area (Å²) >= 11 is 13.1. The number of rotatable bonds is 7. The summed E-state index contributed by atoms with van der Waals surface area (Å²) in [6.45, 7) is 4.47. The number of pyridine rings is 1. The number of aromatic nitrogens is 1. The van der Waals surface area contributed by atoms with E-state index in [0.717, 1.165) is 87.5 Å². The Labute approximate surface area is 206 Å². The first kappa shape index (κ1) is 24.5. The van der Waals surface area contributed by atoms with Crippen LogP contribution >= 0.6 is 23.2 Å². The van der Waals surface area contributed by atoms with E-state index in [4.69, 9.17) is 27.9 Å². The van der Waals surface area contributed by atoms with E-state index in [-0.39, 0.29) is 11.7 Å². The fourth-order valence-electron chi connectivity index (χ4n) is 4.76. The molecule has 33 heavy (non-hydrogen) atoms. The fourth-order valence-corrected chi connectivity index (χ4v) is 5.18. The minimum atomic E-state index is 0.0692. The molecule has 0 amide bonds. The molecule has 1 aromatic carbocycles. The van der Waals surface area contributed by atoms with E-state index in [1.165, 1.54) is 0 Å². The highest BCUT2D eigenvalue weighted by Crippen LogP contribution is 2.35. The first-order chi connectivity index (χ1) is 16.0. The third-order valence-corrected chi connectivity index (χ3v) is 7.42. The van der Waals surface area contributed by atoms with Crippen molar-refractivity contribution in [2.24, 2.45) is 11.8 Å². The lowest BCUT2D eigenvalue weighted by Crippen LogP contribution is -2.29. The predicted octanol–water partition coefficient (Wildman–Crippen LogP) is 5.74. The summed E-state index contributed by atoms with van der Waals surface area (Å²) in [5, 5.41) is 4.70. The monoisotopic (exact) mass is 489 g/mol. The maximum absolute atomic E-state index is 13.0. The third-order valence-electron chi connectivity index (χ3n) is 6.79. The number of carbonyl (C=O) groups is 1. The Morgan fingerprint density at radius 1 is 1.12 bits per heavy atom. The highest BCUT2D eigenvalue weighted by molar-refractivity contribution is 6.36. The van der Waals surface area contributed by atoms with Crippen LogP contribution in [0.2, 0.25) is 10.0 Å². The van der Waals surface area contributed by atoms with E-state index in [0.29, 0.717) is 22.4 Å². The van der Waals surface area contributed by atoms with Gasteiger partial charge in [0, 0.05) is 72.4 Å². The molecule has 2 aromatic rings. The number of halogens is 2. The molecule has 7 heteroatoms. The number of ether oxygens (including phenoxy) is 1. The molecule has 0 spiro atoms. The van der Waals surface area contributed by atoms with E-state index in [2.05, 4.69) is 22.2 Å². The molecule has 0 bridgehead atoms. The summed E-state index contributed by atoms with van der Waals surface area (Å²) in [4.78, 5) is 19.7. The molecule has 5 nitrogen and oxygen atoms in total. The molecule has 1 N–H and O–H groups in total. The van der Waals surface area contributed by atoms with E-state index < -0.39 is 0 Å². The number of benzene rings is 1. The van der Waals surface area contributed by atoms with Gasteiger partial charge in [0.25, 0.3) is 0 Å². The van der Waals surface area contributed by atoms with Crippen molar-refractivity contribution in [2.45, 2.75) is 38.5 Å². The van der Waals surface area contributed by atoms with Crippen LogP contribution in [0.15, 0.2) is 30.5 Å². The molecule has 2 saturated heterocycles. The van der Waals surface area contributed by atoms with Crippen LogP contribution < -0.4 is 5.32 Å². The number of nitrogens with one attached hydrogen (secondary N) is 1. The van der Waals surface area contributed by atoms with E-state index >= 15 is 0 Å². The second kappa shape index (κ2) is 11.7. The molecule has 178 valence electrons. The van der Waals surface area contributed by atoms with Crippen LogP contribution in [0.3, 0.4) is 0 Å². The lowest BCUT2D eigenvalue weighted by Gasteiger charge is -2.23. The molecule has 4 rings (SSSR count). The molecule has 0 radical (unpaired) electrons. The van der Waals surface area contributed by atoms with Crippen molar-refractivity contribution in [3.8, 4) is 11.1 Å². The van der Waals surface area contributed by atoms with Gasteiger partial charge in [-0.15, -0.1) is 0 Å². The zero-order chi connectivity index (χ0) is 23.2. The number of Topliss-reactive ketones (excluding diaryl/α,β-unsaturated/α-hetero) is 1. The van der Waals surface area contributed by atoms with Gasteiger partial charge in [-0.05, 0) is 69.5 Å². The molecule has 1 atom stereocenters. The molecular weight excluding hydrogens is 457 g/mol. The Bertz CT molecular complexity index is 963. The van der Waals surface area contributed by atoms with Gasteiger partial charge in [-0.25, -0.2) is 0 Å². The van der Waals surface area contributed by atoms with Gasteiger partial charge in [-0.2, -0.15) is 0 Å². The van der Waals surface area contributed by atoms with Crippen LogP contribution in [-0.4, -0.2) is 55.6 Å². The molecule has 0 aliphatic carbocycles. The summed E-state index contributed by atoms with van der Waals surface area (Å²) < 4.78 is 5.45. The van der Waals surface area contributed by atoms with Crippen molar-refractivity contribution >= 4 is 34.7 Å². The number of hydrogen-bond donors (Lipinski definition) is 1. The first-order valence-electron chi connectivity index (χ1n) is 12.0. The third kappa shape index (κ3) is 6.69. The Hall–Kier alpha value is -1.66. The number of carbonyl (C=O) groups excluding carboxylic acids is 1. The molecule has 3 heterocycles. The van der Waals surface area contributed by atoms with Crippen LogP contribution in [-0.2, 0) is 16.0 Å². The van der Waals surface area contributed by atoms with Crippen molar-refractivity contribution in [2.75, 3.05) is 45.2 Å². The lowest BCUT2D eigenvalue weighted by atomic mass is 9.94. The van der Waals surface area contributed by atoms with E-state index in [1.807, 2.05) is 24.3 Å². The molecular formula is C26H33Cl2N3O2. The molecule has 0 saturated carbocycles. The number of nitrogens with zero attached hydrogens (tertiary/aromatic N) is 2. The predicted molar refractivity (Wildman–Crippen MR) is 135 cm³/mol. The summed E-state index contributed by atoms with van der Waals surface area (Å²) in [7, 11) is 2.09. The van der Waals surface area contributed by atoms with Gasteiger partial charge < -0.3 is 15.0 Å². The van der Waals surface area contributed by atoms with Crippen molar-refractivity contribution in [1.29, 1.82) is 0 Å². The fraction of sp³-hybridized carbons (Fsp3) is 0.538. The molecule has 2 aliphatic heterocycles. The first-order valence-corrected chi connectivity index (χ1v) is 12.7. The van der Waals surface area contributed by atoms with Crippen molar-refractivity contribution in [3.05, 3.63) is 46.2 Å². The maximum atomic E-state index is 13.0. The highest BCUT2D eigenvalue weighted by atomic mass is 35.5. The quantitative estimate of drug-likeness (QED) is 0.537. The summed E-state index contributed by atoms with van der Waals surface area (Å²) in [6, 6.07) is 7.85. The number of likely N-dealkylation sites (tertiary alicyclic amines) is 1. The highest BCUT2D eigenvalue weighted by Gasteiger charge is 2.23. The average Bonchev–Trinajstić information content (AvgIpc) is 3.05. The van der Waals surface area contributed by atoms with Crippen molar-refractivity contribution < 1.29 is 9.53 Å². The standard InChI is InChI=1S/C26H33Cl2N3O2/c1-31-9-3-2-4-19(17-31)26(32)14-21-13-23(25(28)16-30-21)22-12-20(5-6-24(22)27)29-15-18-7-10-33-11-8-18/h5-6,12-13,16,18-19,29H,2-4,7-11,14-15,17H2,1H3. The molecule has 1 aromatic heterocycles. The largest absolute Gasteiger partial charge is 0.385 e. The van der Waals surface area contributed by atoms with Gasteiger partial charge >= 0.3 is 0 Å². The zero-order valence-electron chi connectivity index (χ0n) is 19.3. The van der Waals surface area contributed by atoms with Crippen LogP contribution in [0.25, 0.3) is 11.1 Å². The molecule has 2 fully saturated rings. The number of anilines is 1. The lowest BCUT2D eigenvalue weighted by molar-refractivity contribution is -0.122. The number of hydrogen-bond acceptors (Lipinski definition) is 5. The smallest absolute Gasteiger partial charge is 0.143 e. The van der Waals surface area contributed by atoms with E-state index in [9.17, 15) is 4.79 Å². The Morgan fingerprint density at radius 2 is 1.91 bits per heavy atom. The van der Waals surface area contributed by atoms with Crippen LogP contribution in [0.5, 0.6) is 0 Å². The van der Waals surface area contributed by atoms with Crippen LogP contribution in [0, 0.1) is 11.8 Å². The van der Waals surface area contributed by atoms with Crippen LogP contribution in [0.4, 0.5) is 5.69 Å². The Balaban J connectivity index is 1.49. The van der Waals surface area contributed by atoms with Crippen LogP contribution in [0.1, 0.15) is 37.8 Å². The SMILES string of the molecule is CN1CCCCC(C(=O)Cc2cc(-c3cc(NCC4CCOCC4)ccc3Cl)c(Cl)cn2)C1. The second-order valence-electron chi connectivity index (χ2n) is 9.38. The average molecular weight is 490 g/mol. The van der Waals surface area contributed by atoms with Gasteiger partial charge in [0.2, 0.25) is 0 Å². The minimum Gasteiger partial charge on any atom is -0.385 e. The zero-order valence-corrected chi connectivity index (χ0v) is 20.8. The Kier molecular flexibility index (Phi) is 8.64. The van der Waals surface area contributed by atoms with Gasteiger partial charge in [0.15, 0.2) is 0 Å². The van der Waals surface area contributed by atoms with Crippen molar-refractivity contribution in [3.63, 3.8) is 0 Å². The minimum absolute atomic E-state index is 0.0692. The van der Waals surface area contributed by atoms with Gasteiger partial charge in [-0.1, -0.05) is 29.6 Å². The summed E-state index contributed by atoms with van der Waals surface area (Å²) in [5.74, 6) is 0.935. The Morgan fingerprint density at radius 3 is 2.73 bits per heavy atom. The maximum Gasteiger partial charge on any atom is 0.143 e. The topological polar surface area (TPSA) is 54.5 Å². The normalized spacial score (nSPS) is 20.4. The number of ketones is 1. The summed E-state index contributed by atoms with van der Waals surface area (Å²) in [5.41, 5.74) is 3.41. The second-order valence-corrected chi connectivity index (χ2v) is 10.2. The van der Waals surface area contributed by atoms with Gasteiger partial charge in [0.1, 0.15) is 5.78 Å². The van der Waals surface area contributed by atoms with Crippen molar-refractivity contribution in [1.82, 2.24) is 9.88 Å². The molecule has 2 aliphatic rings. The molecule has 1 unspecified atom stereocenters. The van der Waals surface area contributed by atoms with Gasteiger partial charge in [-0.3, -0.25) is 9.78 Å².